The Hall–Kier alpha value is -2.41. The van der Waals surface area contributed by atoms with Crippen LogP contribution >= 0.6 is 0 Å². The number of hydrogen-bond donors (Lipinski definition) is 0. The fraction of sp³-hybridized carbons (Fsp3) is 0.353. The van der Waals surface area contributed by atoms with Crippen LogP contribution in [-0.4, -0.2) is 16.5 Å². The lowest BCUT2D eigenvalue weighted by atomic mass is 10.0. The monoisotopic (exact) mass is 280 g/mol. The molecule has 0 radical (unpaired) electrons. The Morgan fingerprint density at radius 3 is 2.71 bits per heavy atom. The molecule has 1 aliphatic heterocycles. The summed E-state index contributed by atoms with van der Waals surface area (Å²) in [5, 5.41) is 9.20. The van der Waals surface area contributed by atoms with Crippen LogP contribution in [0.5, 0.6) is 0 Å². The molecule has 0 N–H and O–H groups in total. The number of benzene rings is 1. The molecule has 0 aliphatic carbocycles. The second-order valence-electron chi connectivity index (χ2n) is 4.68. The van der Waals surface area contributed by atoms with Gasteiger partial charge in [-0.3, -0.25) is 0 Å². The van der Waals surface area contributed by atoms with Crippen LogP contribution < -0.4 is 4.90 Å². The van der Waals surface area contributed by atoms with E-state index in [0.717, 1.165) is 42.1 Å². The predicted octanol–water partition coefficient (Wildman–Crippen LogP) is 3.25. The van der Waals surface area contributed by atoms with Crippen molar-refractivity contribution >= 4 is 5.69 Å². The third-order valence-electron chi connectivity index (χ3n) is 3.58. The maximum absolute atomic E-state index is 9.20. The highest BCUT2D eigenvalue weighted by Crippen LogP contribution is 2.26. The number of aromatic nitrogens is 2. The SMILES string of the molecule is CC.Cc1ncnc2c1CN(c1ccccc1C#N)CC2. The summed E-state index contributed by atoms with van der Waals surface area (Å²) >= 11 is 0. The molecule has 0 saturated heterocycles. The van der Waals surface area contributed by atoms with Gasteiger partial charge in [0, 0.05) is 30.8 Å². The Labute approximate surface area is 126 Å². The normalized spacial score (nSPS) is 12.8. The van der Waals surface area contributed by atoms with E-state index in [1.165, 1.54) is 5.56 Å². The van der Waals surface area contributed by atoms with Gasteiger partial charge in [-0.05, 0) is 19.1 Å². The first kappa shape index (κ1) is 15.0. The third-order valence-corrected chi connectivity index (χ3v) is 3.58. The summed E-state index contributed by atoms with van der Waals surface area (Å²) < 4.78 is 0. The molecule has 108 valence electrons. The average Bonchev–Trinajstić information content (AvgIpc) is 2.57. The molecule has 0 fully saturated rings. The lowest BCUT2D eigenvalue weighted by molar-refractivity contribution is 0.697. The van der Waals surface area contributed by atoms with Crippen molar-refractivity contribution in [2.24, 2.45) is 0 Å². The summed E-state index contributed by atoms with van der Waals surface area (Å²) in [4.78, 5) is 10.8. The molecule has 0 unspecified atom stereocenters. The zero-order valence-electron chi connectivity index (χ0n) is 12.8. The number of aryl methyl sites for hydroxylation is 1. The molecule has 0 amide bonds. The molecule has 3 rings (SSSR count). The standard InChI is InChI=1S/C15H14N4.C2H6/c1-11-13-9-19(7-6-14(13)18-10-17-11)15-5-3-2-4-12(15)8-16;1-2/h2-5,10H,6-7,9H2,1H3;1-2H3. The average molecular weight is 280 g/mol. The fourth-order valence-corrected chi connectivity index (χ4v) is 2.53. The predicted molar refractivity (Wildman–Crippen MR) is 84.0 cm³/mol. The quantitative estimate of drug-likeness (QED) is 0.804. The van der Waals surface area contributed by atoms with Gasteiger partial charge in [0.25, 0.3) is 0 Å². The highest BCUT2D eigenvalue weighted by atomic mass is 15.1. The van der Waals surface area contributed by atoms with Crippen molar-refractivity contribution in [2.75, 3.05) is 11.4 Å². The van der Waals surface area contributed by atoms with Gasteiger partial charge >= 0.3 is 0 Å². The largest absolute Gasteiger partial charge is 0.366 e. The molecule has 0 spiro atoms. The summed E-state index contributed by atoms with van der Waals surface area (Å²) in [7, 11) is 0. The number of rotatable bonds is 1. The highest BCUT2D eigenvalue weighted by Gasteiger charge is 2.21. The molecule has 0 atom stereocenters. The first-order chi connectivity index (χ1) is 10.3. The zero-order valence-corrected chi connectivity index (χ0v) is 12.8. The van der Waals surface area contributed by atoms with Crippen LogP contribution in [-0.2, 0) is 13.0 Å². The molecule has 0 saturated carbocycles. The van der Waals surface area contributed by atoms with E-state index in [-0.39, 0.29) is 0 Å². The lowest BCUT2D eigenvalue weighted by Crippen LogP contribution is -2.32. The third kappa shape index (κ3) is 3.03. The van der Waals surface area contributed by atoms with E-state index in [1.807, 2.05) is 45.0 Å². The molecule has 4 nitrogen and oxygen atoms in total. The van der Waals surface area contributed by atoms with Gasteiger partial charge in [0.2, 0.25) is 0 Å². The molecule has 0 bridgehead atoms. The number of fused-ring (bicyclic) bond motifs is 1. The first-order valence-electron chi connectivity index (χ1n) is 7.33. The van der Waals surface area contributed by atoms with Crippen molar-refractivity contribution in [3.05, 3.63) is 53.1 Å². The van der Waals surface area contributed by atoms with Gasteiger partial charge < -0.3 is 4.90 Å². The van der Waals surface area contributed by atoms with Gasteiger partial charge in [0.15, 0.2) is 0 Å². The minimum absolute atomic E-state index is 0.723. The van der Waals surface area contributed by atoms with Crippen LogP contribution in [0.15, 0.2) is 30.6 Å². The maximum Gasteiger partial charge on any atom is 0.115 e. The van der Waals surface area contributed by atoms with Gasteiger partial charge in [-0.1, -0.05) is 26.0 Å². The van der Waals surface area contributed by atoms with Gasteiger partial charge in [0.05, 0.1) is 16.9 Å². The van der Waals surface area contributed by atoms with Crippen molar-refractivity contribution < 1.29 is 0 Å². The Kier molecular flexibility index (Phi) is 4.89. The van der Waals surface area contributed by atoms with Gasteiger partial charge in [-0.2, -0.15) is 5.26 Å². The van der Waals surface area contributed by atoms with Crippen molar-refractivity contribution in [3.63, 3.8) is 0 Å². The Bertz CT molecular complexity index is 658. The molecule has 2 heterocycles. The van der Waals surface area contributed by atoms with Crippen molar-refractivity contribution in [1.29, 1.82) is 5.26 Å². The smallest absolute Gasteiger partial charge is 0.115 e. The van der Waals surface area contributed by atoms with Gasteiger partial charge in [-0.25, -0.2) is 9.97 Å². The van der Waals surface area contributed by atoms with Gasteiger partial charge in [-0.15, -0.1) is 0 Å². The molecular formula is C17H20N4. The Morgan fingerprint density at radius 1 is 1.19 bits per heavy atom. The van der Waals surface area contributed by atoms with Crippen molar-refractivity contribution in [3.8, 4) is 6.07 Å². The van der Waals surface area contributed by atoms with Crippen LogP contribution in [0.2, 0.25) is 0 Å². The summed E-state index contributed by atoms with van der Waals surface area (Å²) in [6.45, 7) is 7.68. The van der Waals surface area contributed by atoms with Gasteiger partial charge in [0.1, 0.15) is 12.4 Å². The van der Waals surface area contributed by atoms with Crippen LogP contribution in [0.1, 0.15) is 36.4 Å². The molecule has 1 aliphatic rings. The summed E-state index contributed by atoms with van der Waals surface area (Å²) in [6, 6.07) is 9.99. The molecule has 1 aromatic heterocycles. The van der Waals surface area contributed by atoms with E-state index in [9.17, 15) is 5.26 Å². The summed E-state index contributed by atoms with van der Waals surface area (Å²) in [5.74, 6) is 0. The number of anilines is 1. The minimum atomic E-state index is 0.723. The number of para-hydroxylation sites is 1. The first-order valence-corrected chi connectivity index (χ1v) is 7.33. The second kappa shape index (κ2) is 6.85. The van der Waals surface area contributed by atoms with Crippen LogP contribution in [0, 0.1) is 18.3 Å². The maximum atomic E-state index is 9.20. The fourth-order valence-electron chi connectivity index (χ4n) is 2.53. The topological polar surface area (TPSA) is 52.8 Å². The molecule has 21 heavy (non-hydrogen) atoms. The number of nitriles is 1. The van der Waals surface area contributed by atoms with E-state index in [2.05, 4.69) is 20.9 Å². The molecule has 1 aromatic carbocycles. The Balaban J connectivity index is 0.000000774. The van der Waals surface area contributed by atoms with Crippen LogP contribution in [0.25, 0.3) is 0 Å². The van der Waals surface area contributed by atoms with Crippen molar-refractivity contribution in [2.45, 2.75) is 33.7 Å². The molecule has 4 heteroatoms. The zero-order chi connectivity index (χ0) is 15.2. The van der Waals surface area contributed by atoms with E-state index < -0.39 is 0 Å². The van der Waals surface area contributed by atoms with Crippen LogP contribution in [0.3, 0.4) is 0 Å². The highest BCUT2D eigenvalue weighted by molar-refractivity contribution is 5.60. The number of nitrogens with zero attached hydrogens (tertiary/aromatic N) is 4. The minimum Gasteiger partial charge on any atom is -0.366 e. The van der Waals surface area contributed by atoms with E-state index in [1.54, 1.807) is 6.33 Å². The molecular weight excluding hydrogens is 260 g/mol. The summed E-state index contributed by atoms with van der Waals surface area (Å²) in [6.07, 6.45) is 2.53. The van der Waals surface area contributed by atoms with E-state index in [0.29, 0.717) is 0 Å². The Morgan fingerprint density at radius 2 is 1.95 bits per heavy atom. The second-order valence-corrected chi connectivity index (χ2v) is 4.68. The van der Waals surface area contributed by atoms with E-state index in [4.69, 9.17) is 0 Å². The van der Waals surface area contributed by atoms with Crippen molar-refractivity contribution in [1.82, 2.24) is 9.97 Å². The summed E-state index contributed by atoms with van der Waals surface area (Å²) in [5.41, 5.74) is 5.09. The molecule has 2 aromatic rings. The van der Waals surface area contributed by atoms with E-state index >= 15 is 0 Å². The van der Waals surface area contributed by atoms with Crippen LogP contribution in [0.4, 0.5) is 5.69 Å². The number of hydrogen-bond acceptors (Lipinski definition) is 4. The lowest BCUT2D eigenvalue weighted by Gasteiger charge is -2.31.